The minimum Gasteiger partial charge on any atom is -0.504 e. The SMILES string of the molecule is COCCCNC(=O)C(C)Cc1ccc(O)c(O)c1. The molecule has 0 heterocycles. The number of ether oxygens (including phenoxy) is 1. The molecule has 1 aromatic rings. The van der Waals surface area contributed by atoms with Crippen LogP contribution in [0.1, 0.15) is 18.9 Å². The van der Waals surface area contributed by atoms with Gasteiger partial charge in [-0.05, 0) is 30.5 Å². The molecule has 0 aliphatic rings. The van der Waals surface area contributed by atoms with Crippen LogP contribution in [0.4, 0.5) is 0 Å². The molecule has 0 saturated heterocycles. The summed E-state index contributed by atoms with van der Waals surface area (Å²) in [5.41, 5.74) is 0.815. The fourth-order valence-corrected chi connectivity index (χ4v) is 1.74. The number of carbonyl (C=O) groups excluding carboxylic acids is 1. The summed E-state index contributed by atoms with van der Waals surface area (Å²) in [6.07, 6.45) is 1.30. The molecule has 0 fully saturated rings. The van der Waals surface area contributed by atoms with E-state index in [1.54, 1.807) is 13.2 Å². The lowest BCUT2D eigenvalue weighted by Crippen LogP contribution is -2.31. The van der Waals surface area contributed by atoms with Crippen molar-refractivity contribution < 1.29 is 19.7 Å². The van der Waals surface area contributed by atoms with Crippen molar-refractivity contribution in [2.75, 3.05) is 20.3 Å². The number of rotatable bonds is 7. The topological polar surface area (TPSA) is 78.8 Å². The summed E-state index contributed by atoms with van der Waals surface area (Å²) >= 11 is 0. The summed E-state index contributed by atoms with van der Waals surface area (Å²) in [5.74, 6) is -0.527. The second kappa shape index (κ2) is 7.63. The largest absolute Gasteiger partial charge is 0.504 e. The summed E-state index contributed by atoms with van der Waals surface area (Å²) in [5, 5.41) is 21.4. The van der Waals surface area contributed by atoms with Gasteiger partial charge in [-0.2, -0.15) is 0 Å². The predicted octanol–water partition coefficient (Wildman–Crippen LogP) is 1.43. The lowest BCUT2D eigenvalue weighted by molar-refractivity contribution is -0.124. The van der Waals surface area contributed by atoms with Crippen LogP contribution in [-0.4, -0.2) is 36.4 Å². The molecular formula is C14H21NO4. The number of benzene rings is 1. The molecule has 0 aliphatic heterocycles. The molecule has 5 heteroatoms. The van der Waals surface area contributed by atoms with E-state index in [1.807, 2.05) is 6.92 Å². The molecule has 0 aromatic heterocycles. The number of carbonyl (C=O) groups is 1. The van der Waals surface area contributed by atoms with Gasteiger partial charge >= 0.3 is 0 Å². The molecule has 19 heavy (non-hydrogen) atoms. The number of nitrogens with one attached hydrogen (secondary N) is 1. The highest BCUT2D eigenvalue weighted by Crippen LogP contribution is 2.25. The number of hydrogen-bond donors (Lipinski definition) is 3. The van der Waals surface area contributed by atoms with Crippen LogP contribution in [-0.2, 0) is 16.0 Å². The van der Waals surface area contributed by atoms with E-state index in [1.165, 1.54) is 12.1 Å². The van der Waals surface area contributed by atoms with Crippen LogP contribution in [0.15, 0.2) is 18.2 Å². The number of amides is 1. The maximum absolute atomic E-state index is 11.8. The average molecular weight is 267 g/mol. The number of phenolic OH excluding ortho intramolecular Hbond substituents is 2. The summed E-state index contributed by atoms with van der Waals surface area (Å²) in [6.45, 7) is 3.05. The Morgan fingerprint density at radius 1 is 1.37 bits per heavy atom. The van der Waals surface area contributed by atoms with Crippen molar-refractivity contribution >= 4 is 5.91 Å². The molecule has 1 aromatic carbocycles. The minimum atomic E-state index is -0.188. The molecule has 0 bridgehead atoms. The van der Waals surface area contributed by atoms with E-state index >= 15 is 0 Å². The molecule has 0 aliphatic carbocycles. The Bertz CT molecular complexity index is 420. The maximum atomic E-state index is 11.8. The molecule has 0 saturated carbocycles. The molecular weight excluding hydrogens is 246 g/mol. The lowest BCUT2D eigenvalue weighted by atomic mass is 10.00. The van der Waals surface area contributed by atoms with Gasteiger partial charge in [0.25, 0.3) is 0 Å². The third-order valence-electron chi connectivity index (χ3n) is 2.85. The third-order valence-corrected chi connectivity index (χ3v) is 2.85. The maximum Gasteiger partial charge on any atom is 0.223 e. The summed E-state index contributed by atoms with van der Waals surface area (Å²) < 4.78 is 4.90. The molecule has 1 rings (SSSR count). The molecule has 106 valence electrons. The Kier molecular flexibility index (Phi) is 6.15. The smallest absolute Gasteiger partial charge is 0.223 e. The van der Waals surface area contributed by atoms with Gasteiger partial charge in [-0.25, -0.2) is 0 Å². The standard InChI is InChI=1S/C14H21NO4/c1-10(14(18)15-6-3-7-19-2)8-11-4-5-12(16)13(17)9-11/h4-5,9-10,16-17H,3,6-8H2,1-2H3,(H,15,18). The number of methoxy groups -OCH3 is 1. The zero-order valence-electron chi connectivity index (χ0n) is 11.3. The molecule has 0 spiro atoms. The highest BCUT2D eigenvalue weighted by molar-refractivity contribution is 5.78. The van der Waals surface area contributed by atoms with Crippen molar-refractivity contribution in [3.05, 3.63) is 23.8 Å². The van der Waals surface area contributed by atoms with Gasteiger partial charge in [0.15, 0.2) is 11.5 Å². The number of phenols is 2. The number of aromatic hydroxyl groups is 2. The molecule has 1 atom stereocenters. The normalized spacial score (nSPS) is 12.1. The van der Waals surface area contributed by atoms with Crippen molar-refractivity contribution in [2.24, 2.45) is 5.92 Å². The highest BCUT2D eigenvalue weighted by atomic mass is 16.5. The van der Waals surface area contributed by atoms with E-state index in [9.17, 15) is 15.0 Å². The Hall–Kier alpha value is -1.75. The molecule has 0 radical (unpaired) electrons. The average Bonchev–Trinajstić information content (AvgIpc) is 2.38. The van der Waals surface area contributed by atoms with Crippen molar-refractivity contribution in [1.29, 1.82) is 0 Å². The Balaban J connectivity index is 2.42. The Morgan fingerprint density at radius 3 is 2.74 bits per heavy atom. The van der Waals surface area contributed by atoms with Gasteiger partial charge in [-0.15, -0.1) is 0 Å². The molecule has 5 nitrogen and oxygen atoms in total. The van der Waals surface area contributed by atoms with E-state index in [-0.39, 0.29) is 23.3 Å². The van der Waals surface area contributed by atoms with Crippen LogP contribution < -0.4 is 5.32 Å². The minimum absolute atomic E-state index is 0.0244. The van der Waals surface area contributed by atoms with Crippen LogP contribution in [0.25, 0.3) is 0 Å². The molecule has 1 amide bonds. The van der Waals surface area contributed by atoms with Crippen molar-refractivity contribution in [1.82, 2.24) is 5.32 Å². The fraction of sp³-hybridized carbons (Fsp3) is 0.500. The first-order valence-electron chi connectivity index (χ1n) is 6.32. The molecule has 3 N–H and O–H groups in total. The second-order valence-electron chi connectivity index (χ2n) is 4.57. The van der Waals surface area contributed by atoms with Crippen molar-refractivity contribution in [3.63, 3.8) is 0 Å². The van der Waals surface area contributed by atoms with Gasteiger partial charge in [0.05, 0.1) is 0 Å². The van der Waals surface area contributed by atoms with E-state index in [4.69, 9.17) is 4.74 Å². The van der Waals surface area contributed by atoms with Gasteiger partial charge in [-0.1, -0.05) is 13.0 Å². The van der Waals surface area contributed by atoms with Crippen LogP contribution >= 0.6 is 0 Å². The Morgan fingerprint density at radius 2 is 2.11 bits per heavy atom. The third kappa shape index (κ3) is 5.18. The Labute approximate surface area is 113 Å². The lowest BCUT2D eigenvalue weighted by Gasteiger charge is -2.12. The van der Waals surface area contributed by atoms with Gasteiger partial charge < -0.3 is 20.3 Å². The number of hydrogen-bond acceptors (Lipinski definition) is 4. The van der Waals surface area contributed by atoms with Gasteiger partial charge in [0.2, 0.25) is 5.91 Å². The molecule has 1 unspecified atom stereocenters. The van der Waals surface area contributed by atoms with Crippen molar-refractivity contribution in [3.8, 4) is 11.5 Å². The predicted molar refractivity (Wildman–Crippen MR) is 72.1 cm³/mol. The van der Waals surface area contributed by atoms with Crippen LogP contribution in [0, 0.1) is 5.92 Å². The van der Waals surface area contributed by atoms with Crippen LogP contribution in [0.3, 0.4) is 0 Å². The van der Waals surface area contributed by atoms with Crippen LogP contribution in [0.5, 0.6) is 11.5 Å². The summed E-state index contributed by atoms with van der Waals surface area (Å²) in [7, 11) is 1.63. The van der Waals surface area contributed by atoms with Crippen LogP contribution in [0.2, 0.25) is 0 Å². The van der Waals surface area contributed by atoms with E-state index < -0.39 is 0 Å². The first kappa shape index (κ1) is 15.3. The summed E-state index contributed by atoms with van der Waals surface area (Å²) in [6, 6.07) is 4.60. The van der Waals surface area contributed by atoms with Gasteiger partial charge in [0.1, 0.15) is 0 Å². The quantitative estimate of drug-likeness (QED) is 0.516. The van der Waals surface area contributed by atoms with Crippen molar-refractivity contribution in [2.45, 2.75) is 19.8 Å². The fourth-order valence-electron chi connectivity index (χ4n) is 1.74. The monoisotopic (exact) mass is 267 g/mol. The highest BCUT2D eigenvalue weighted by Gasteiger charge is 2.13. The first-order chi connectivity index (χ1) is 9.04. The van der Waals surface area contributed by atoms with Gasteiger partial charge in [-0.3, -0.25) is 4.79 Å². The zero-order chi connectivity index (χ0) is 14.3. The van der Waals surface area contributed by atoms with E-state index in [0.29, 0.717) is 19.6 Å². The first-order valence-corrected chi connectivity index (χ1v) is 6.32. The van der Waals surface area contributed by atoms with Gasteiger partial charge in [0, 0.05) is 26.2 Å². The van der Waals surface area contributed by atoms with E-state index in [2.05, 4.69) is 5.32 Å². The zero-order valence-corrected chi connectivity index (χ0v) is 11.3. The second-order valence-corrected chi connectivity index (χ2v) is 4.57. The summed E-state index contributed by atoms with van der Waals surface area (Å²) in [4.78, 5) is 11.8. The van der Waals surface area contributed by atoms with E-state index in [0.717, 1.165) is 12.0 Å².